The van der Waals surface area contributed by atoms with Crippen molar-refractivity contribution in [2.24, 2.45) is 0 Å². The number of carbonyl (C=O) groups is 1. The molecule has 3 nitrogen and oxygen atoms in total. The molecule has 1 fully saturated rings. The number of benzene rings is 2. The highest BCUT2D eigenvalue weighted by Gasteiger charge is 2.36. The SMILES string of the molecule is CC(c1ccccc1)N1C(=O)/C(=C\c2ccc(-c3ccc(Cl)cc3)o2)SC1=S. The number of halogens is 1. The van der Waals surface area contributed by atoms with Crippen LogP contribution in [0.5, 0.6) is 0 Å². The molecule has 140 valence electrons. The number of rotatable bonds is 4. The minimum absolute atomic E-state index is 0.101. The van der Waals surface area contributed by atoms with E-state index in [1.165, 1.54) is 11.8 Å². The molecule has 1 aromatic heterocycles. The van der Waals surface area contributed by atoms with Crippen LogP contribution in [0.2, 0.25) is 5.02 Å². The Balaban J connectivity index is 1.57. The van der Waals surface area contributed by atoms with Gasteiger partial charge in [-0.3, -0.25) is 9.69 Å². The summed E-state index contributed by atoms with van der Waals surface area (Å²) in [7, 11) is 0. The highest BCUT2D eigenvalue weighted by molar-refractivity contribution is 8.26. The van der Waals surface area contributed by atoms with Crippen LogP contribution in [-0.2, 0) is 4.79 Å². The lowest BCUT2D eigenvalue weighted by atomic mass is 10.1. The molecule has 0 saturated carbocycles. The summed E-state index contributed by atoms with van der Waals surface area (Å²) in [6, 6.07) is 20.9. The first-order valence-electron chi connectivity index (χ1n) is 8.71. The Kier molecular flexibility index (Phi) is 5.40. The first kappa shape index (κ1) is 19.0. The first-order valence-corrected chi connectivity index (χ1v) is 10.3. The van der Waals surface area contributed by atoms with Gasteiger partial charge in [-0.05, 0) is 48.9 Å². The fourth-order valence-corrected chi connectivity index (χ4v) is 4.55. The molecule has 6 heteroatoms. The van der Waals surface area contributed by atoms with Crippen LogP contribution >= 0.6 is 35.6 Å². The van der Waals surface area contributed by atoms with Crippen molar-refractivity contribution in [2.45, 2.75) is 13.0 Å². The summed E-state index contributed by atoms with van der Waals surface area (Å²) in [5, 5.41) is 0.673. The number of hydrogen-bond acceptors (Lipinski definition) is 4. The van der Waals surface area contributed by atoms with Gasteiger partial charge in [0.1, 0.15) is 15.8 Å². The van der Waals surface area contributed by atoms with Gasteiger partial charge in [-0.25, -0.2) is 0 Å². The lowest BCUT2D eigenvalue weighted by Crippen LogP contribution is -2.30. The van der Waals surface area contributed by atoms with Gasteiger partial charge >= 0.3 is 0 Å². The van der Waals surface area contributed by atoms with E-state index in [0.717, 1.165) is 16.9 Å². The Morgan fingerprint density at radius 2 is 1.79 bits per heavy atom. The van der Waals surface area contributed by atoms with Crippen LogP contribution < -0.4 is 0 Å². The van der Waals surface area contributed by atoms with Crippen LogP contribution in [0.25, 0.3) is 17.4 Å². The summed E-state index contributed by atoms with van der Waals surface area (Å²) < 4.78 is 6.44. The molecule has 0 radical (unpaired) electrons. The van der Waals surface area contributed by atoms with Crippen LogP contribution in [0, 0.1) is 0 Å². The Morgan fingerprint density at radius 3 is 2.50 bits per heavy atom. The van der Waals surface area contributed by atoms with Crippen molar-refractivity contribution < 1.29 is 9.21 Å². The molecule has 4 rings (SSSR count). The Morgan fingerprint density at radius 1 is 1.07 bits per heavy atom. The average Bonchev–Trinajstić information content (AvgIpc) is 3.27. The van der Waals surface area contributed by atoms with Gasteiger partial charge in [-0.1, -0.05) is 65.9 Å². The molecule has 3 aromatic rings. The number of nitrogens with zero attached hydrogens (tertiary/aromatic N) is 1. The van der Waals surface area contributed by atoms with E-state index >= 15 is 0 Å². The van der Waals surface area contributed by atoms with Crippen LogP contribution in [0.3, 0.4) is 0 Å². The molecule has 1 aliphatic heterocycles. The zero-order valence-corrected chi connectivity index (χ0v) is 17.4. The summed E-state index contributed by atoms with van der Waals surface area (Å²) in [6.45, 7) is 1.98. The first-order chi connectivity index (χ1) is 13.5. The van der Waals surface area contributed by atoms with Crippen molar-refractivity contribution in [3.8, 4) is 11.3 Å². The molecule has 0 aliphatic carbocycles. The molecule has 1 saturated heterocycles. The quantitative estimate of drug-likeness (QED) is 0.350. The van der Waals surface area contributed by atoms with E-state index in [0.29, 0.717) is 20.0 Å². The number of thioether (sulfide) groups is 1. The van der Waals surface area contributed by atoms with Gasteiger partial charge in [-0.2, -0.15) is 0 Å². The van der Waals surface area contributed by atoms with Crippen molar-refractivity contribution in [3.63, 3.8) is 0 Å². The van der Waals surface area contributed by atoms with E-state index in [2.05, 4.69) is 0 Å². The molecule has 1 aliphatic rings. The lowest BCUT2D eigenvalue weighted by molar-refractivity contribution is -0.123. The van der Waals surface area contributed by atoms with Crippen LogP contribution in [0.4, 0.5) is 0 Å². The topological polar surface area (TPSA) is 33.5 Å². The molecular weight excluding hydrogens is 410 g/mol. The minimum atomic E-state index is -0.124. The van der Waals surface area contributed by atoms with Crippen molar-refractivity contribution in [1.29, 1.82) is 0 Å². The van der Waals surface area contributed by atoms with E-state index in [-0.39, 0.29) is 11.9 Å². The predicted molar refractivity (Wildman–Crippen MR) is 119 cm³/mol. The van der Waals surface area contributed by atoms with Crippen LogP contribution in [0.15, 0.2) is 76.1 Å². The summed E-state index contributed by atoms with van der Waals surface area (Å²) in [6.07, 6.45) is 1.75. The van der Waals surface area contributed by atoms with Crippen molar-refractivity contribution in [2.75, 3.05) is 0 Å². The zero-order valence-electron chi connectivity index (χ0n) is 15.0. The highest BCUT2D eigenvalue weighted by Crippen LogP contribution is 2.38. The van der Waals surface area contributed by atoms with Gasteiger partial charge in [0.2, 0.25) is 0 Å². The third kappa shape index (κ3) is 3.78. The molecule has 0 spiro atoms. The molecule has 0 N–H and O–H groups in total. The lowest BCUT2D eigenvalue weighted by Gasteiger charge is -2.23. The van der Waals surface area contributed by atoms with Crippen LogP contribution in [-0.4, -0.2) is 15.1 Å². The van der Waals surface area contributed by atoms with Crippen molar-refractivity contribution in [1.82, 2.24) is 4.90 Å². The van der Waals surface area contributed by atoms with Crippen molar-refractivity contribution in [3.05, 3.63) is 88.0 Å². The molecule has 28 heavy (non-hydrogen) atoms. The second-order valence-electron chi connectivity index (χ2n) is 6.35. The predicted octanol–water partition coefficient (Wildman–Crippen LogP) is 6.56. The number of carbonyl (C=O) groups excluding carboxylic acids is 1. The molecular formula is C22H16ClNO2S2. The molecule has 0 bridgehead atoms. The van der Waals surface area contributed by atoms with Gasteiger partial charge in [0.15, 0.2) is 0 Å². The third-order valence-electron chi connectivity index (χ3n) is 4.52. The monoisotopic (exact) mass is 425 g/mol. The largest absolute Gasteiger partial charge is 0.457 e. The summed E-state index contributed by atoms with van der Waals surface area (Å²) >= 11 is 12.7. The Labute approximate surface area is 178 Å². The maximum atomic E-state index is 12.9. The normalized spacial score (nSPS) is 16.8. The van der Waals surface area contributed by atoms with E-state index in [4.69, 9.17) is 28.2 Å². The van der Waals surface area contributed by atoms with Crippen molar-refractivity contribution >= 4 is 51.9 Å². The minimum Gasteiger partial charge on any atom is -0.457 e. The average molecular weight is 426 g/mol. The standard InChI is InChI=1S/C22H16ClNO2S2/c1-14(15-5-3-2-4-6-15)24-21(25)20(28-22(24)27)13-18-11-12-19(26-18)16-7-9-17(23)10-8-16/h2-14H,1H3/b20-13+. The second kappa shape index (κ2) is 7.95. The fraction of sp³-hybridized carbons (Fsp3) is 0.0909. The third-order valence-corrected chi connectivity index (χ3v) is 6.10. The van der Waals surface area contributed by atoms with Gasteiger partial charge in [-0.15, -0.1) is 0 Å². The molecule has 1 amide bonds. The number of hydrogen-bond donors (Lipinski definition) is 0. The molecule has 1 atom stereocenters. The van der Waals surface area contributed by atoms with Crippen LogP contribution in [0.1, 0.15) is 24.3 Å². The maximum Gasteiger partial charge on any atom is 0.266 e. The van der Waals surface area contributed by atoms with Gasteiger partial charge in [0, 0.05) is 16.7 Å². The smallest absolute Gasteiger partial charge is 0.266 e. The van der Waals surface area contributed by atoms with Gasteiger partial charge in [0.25, 0.3) is 5.91 Å². The highest BCUT2D eigenvalue weighted by atomic mass is 35.5. The number of furan rings is 1. The Hall–Kier alpha value is -2.34. The Bertz CT molecular complexity index is 1060. The summed E-state index contributed by atoms with van der Waals surface area (Å²) in [5.41, 5.74) is 1.97. The van der Waals surface area contributed by atoms with Gasteiger partial charge in [0.05, 0.1) is 10.9 Å². The molecule has 2 heterocycles. The van der Waals surface area contributed by atoms with Gasteiger partial charge < -0.3 is 4.42 Å². The number of amides is 1. The summed E-state index contributed by atoms with van der Waals surface area (Å²) in [4.78, 5) is 15.2. The fourth-order valence-electron chi connectivity index (χ4n) is 3.02. The summed E-state index contributed by atoms with van der Waals surface area (Å²) in [5.74, 6) is 1.23. The molecule has 1 unspecified atom stereocenters. The zero-order chi connectivity index (χ0) is 19.7. The van der Waals surface area contributed by atoms with E-state index in [1.807, 2.05) is 73.7 Å². The molecule has 2 aromatic carbocycles. The second-order valence-corrected chi connectivity index (χ2v) is 8.46. The van der Waals surface area contributed by atoms with E-state index in [9.17, 15) is 4.79 Å². The van der Waals surface area contributed by atoms with E-state index < -0.39 is 0 Å². The van der Waals surface area contributed by atoms with E-state index in [1.54, 1.807) is 11.0 Å². The number of thiocarbonyl (C=S) groups is 1. The maximum absolute atomic E-state index is 12.9.